The molecule has 1 aliphatic carbocycles. The van der Waals surface area contributed by atoms with Crippen LogP contribution in [0.1, 0.15) is 57.7 Å². The summed E-state index contributed by atoms with van der Waals surface area (Å²) in [6.45, 7) is 4.98. The van der Waals surface area contributed by atoms with Crippen LogP contribution in [-0.4, -0.2) is 22.7 Å². The molecule has 0 bridgehead atoms. The molecule has 1 fully saturated rings. The summed E-state index contributed by atoms with van der Waals surface area (Å²) in [6.07, 6.45) is 8.09. The van der Waals surface area contributed by atoms with Crippen LogP contribution in [0, 0.1) is 0 Å². The van der Waals surface area contributed by atoms with Gasteiger partial charge in [0, 0.05) is 12.6 Å². The Balaban J connectivity index is 2.11. The van der Waals surface area contributed by atoms with Gasteiger partial charge in [0.15, 0.2) is 0 Å². The third-order valence-corrected chi connectivity index (χ3v) is 3.89. The Hall–Kier alpha value is -1.09. The predicted octanol–water partition coefficient (Wildman–Crippen LogP) is 3.29. The molecular formula is C15H24N2O. The molecule has 1 heterocycles. The molecule has 0 radical (unpaired) electrons. The van der Waals surface area contributed by atoms with Crippen LogP contribution in [-0.2, 0) is 0 Å². The second-order valence-electron chi connectivity index (χ2n) is 5.20. The molecule has 0 aromatic carbocycles. The van der Waals surface area contributed by atoms with E-state index in [9.17, 15) is 5.11 Å². The number of nitrogens with zero attached hydrogens (tertiary/aromatic N) is 2. The molecule has 18 heavy (non-hydrogen) atoms. The summed E-state index contributed by atoms with van der Waals surface area (Å²) >= 11 is 0. The van der Waals surface area contributed by atoms with Gasteiger partial charge in [-0.1, -0.05) is 19.3 Å². The van der Waals surface area contributed by atoms with Crippen LogP contribution in [0.3, 0.4) is 0 Å². The number of aliphatic hydroxyl groups is 1. The van der Waals surface area contributed by atoms with E-state index in [1.165, 1.54) is 37.8 Å². The molecule has 1 atom stereocenters. The molecule has 0 saturated heterocycles. The molecule has 3 nitrogen and oxygen atoms in total. The van der Waals surface area contributed by atoms with Crippen LogP contribution < -0.4 is 4.90 Å². The molecule has 1 saturated carbocycles. The maximum Gasteiger partial charge on any atom is 0.0931 e. The zero-order valence-corrected chi connectivity index (χ0v) is 11.5. The van der Waals surface area contributed by atoms with Gasteiger partial charge in [0.25, 0.3) is 0 Å². The van der Waals surface area contributed by atoms with E-state index in [-0.39, 0.29) is 0 Å². The molecular weight excluding hydrogens is 224 g/mol. The minimum Gasteiger partial charge on any atom is -0.387 e. The van der Waals surface area contributed by atoms with Gasteiger partial charge in [0.1, 0.15) is 0 Å². The molecule has 0 amide bonds. The van der Waals surface area contributed by atoms with Crippen LogP contribution in [0.15, 0.2) is 18.3 Å². The van der Waals surface area contributed by atoms with Gasteiger partial charge in [-0.05, 0) is 38.8 Å². The third kappa shape index (κ3) is 3.02. The fraction of sp³-hybridized carbons (Fsp3) is 0.667. The van der Waals surface area contributed by atoms with Gasteiger partial charge < -0.3 is 10.0 Å². The maximum absolute atomic E-state index is 9.48. The van der Waals surface area contributed by atoms with Crippen LogP contribution in [0.2, 0.25) is 0 Å². The van der Waals surface area contributed by atoms with E-state index >= 15 is 0 Å². The first-order valence-electron chi connectivity index (χ1n) is 7.13. The lowest BCUT2D eigenvalue weighted by molar-refractivity contribution is 0.194. The number of pyridine rings is 1. The quantitative estimate of drug-likeness (QED) is 0.888. The second-order valence-corrected chi connectivity index (χ2v) is 5.20. The lowest BCUT2D eigenvalue weighted by atomic mass is 9.94. The van der Waals surface area contributed by atoms with Gasteiger partial charge >= 0.3 is 0 Å². The number of aliphatic hydroxyl groups excluding tert-OH is 1. The Morgan fingerprint density at radius 3 is 2.56 bits per heavy atom. The number of rotatable bonds is 4. The Morgan fingerprint density at radius 2 is 2.06 bits per heavy atom. The van der Waals surface area contributed by atoms with Crippen molar-refractivity contribution in [3.05, 3.63) is 24.0 Å². The van der Waals surface area contributed by atoms with E-state index in [1.54, 1.807) is 6.92 Å². The minimum absolute atomic E-state index is 0.483. The van der Waals surface area contributed by atoms with Gasteiger partial charge in [0.2, 0.25) is 0 Å². The van der Waals surface area contributed by atoms with E-state index in [0.29, 0.717) is 6.04 Å². The van der Waals surface area contributed by atoms with E-state index in [2.05, 4.69) is 22.9 Å². The standard InChI is InChI=1S/C15H24N2O/c1-3-17(13-7-5-4-6-8-13)14-9-10-15(12(2)18)16-11-14/h9-13,18H,3-8H2,1-2H3/t12-/m1/s1. The van der Waals surface area contributed by atoms with Crippen molar-refractivity contribution in [2.75, 3.05) is 11.4 Å². The number of hydrogen-bond donors (Lipinski definition) is 1. The molecule has 0 aliphatic heterocycles. The Kier molecular flexibility index (Phi) is 4.59. The lowest BCUT2D eigenvalue weighted by Crippen LogP contribution is -2.36. The van der Waals surface area contributed by atoms with Crippen LogP contribution in [0.4, 0.5) is 5.69 Å². The smallest absolute Gasteiger partial charge is 0.0931 e. The van der Waals surface area contributed by atoms with Crippen molar-refractivity contribution >= 4 is 5.69 Å². The van der Waals surface area contributed by atoms with Gasteiger partial charge in [-0.2, -0.15) is 0 Å². The number of hydrogen-bond acceptors (Lipinski definition) is 3. The monoisotopic (exact) mass is 248 g/mol. The number of aromatic nitrogens is 1. The van der Waals surface area contributed by atoms with Crippen molar-refractivity contribution in [1.29, 1.82) is 0 Å². The van der Waals surface area contributed by atoms with Gasteiger partial charge in [-0.25, -0.2) is 0 Å². The van der Waals surface area contributed by atoms with E-state index < -0.39 is 6.10 Å². The second kappa shape index (κ2) is 6.19. The normalized spacial score (nSPS) is 18.6. The Labute approximate surface area is 110 Å². The zero-order valence-electron chi connectivity index (χ0n) is 11.5. The highest BCUT2D eigenvalue weighted by molar-refractivity contribution is 5.45. The average molecular weight is 248 g/mol. The third-order valence-electron chi connectivity index (χ3n) is 3.89. The first-order valence-corrected chi connectivity index (χ1v) is 7.13. The van der Waals surface area contributed by atoms with Crippen molar-refractivity contribution in [3.63, 3.8) is 0 Å². The van der Waals surface area contributed by atoms with E-state index in [4.69, 9.17) is 0 Å². The van der Waals surface area contributed by atoms with E-state index in [0.717, 1.165) is 12.2 Å². The number of anilines is 1. The Morgan fingerprint density at radius 1 is 1.33 bits per heavy atom. The summed E-state index contributed by atoms with van der Waals surface area (Å²) in [5.74, 6) is 0. The van der Waals surface area contributed by atoms with Gasteiger partial charge in [-0.15, -0.1) is 0 Å². The fourth-order valence-electron chi connectivity index (χ4n) is 2.86. The Bertz CT molecular complexity index is 355. The molecule has 1 aromatic heterocycles. The molecule has 0 spiro atoms. The fourth-order valence-corrected chi connectivity index (χ4v) is 2.86. The molecule has 3 heteroatoms. The average Bonchev–Trinajstić information content (AvgIpc) is 2.41. The predicted molar refractivity (Wildman–Crippen MR) is 74.8 cm³/mol. The highest BCUT2D eigenvalue weighted by Gasteiger charge is 2.20. The summed E-state index contributed by atoms with van der Waals surface area (Å²) in [4.78, 5) is 6.81. The summed E-state index contributed by atoms with van der Waals surface area (Å²) < 4.78 is 0. The molecule has 100 valence electrons. The maximum atomic E-state index is 9.48. The topological polar surface area (TPSA) is 36.4 Å². The molecule has 0 unspecified atom stereocenters. The van der Waals surface area contributed by atoms with Crippen molar-refractivity contribution in [2.45, 2.75) is 58.1 Å². The SMILES string of the molecule is CCN(c1ccc([C@@H](C)O)nc1)C1CCCCC1. The van der Waals surface area contributed by atoms with Crippen molar-refractivity contribution in [1.82, 2.24) is 4.98 Å². The van der Waals surface area contributed by atoms with Gasteiger partial charge in [-0.3, -0.25) is 4.98 Å². The molecule has 2 rings (SSSR count). The summed E-state index contributed by atoms with van der Waals surface area (Å²) in [6, 6.07) is 4.70. The lowest BCUT2D eigenvalue weighted by Gasteiger charge is -2.35. The van der Waals surface area contributed by atoms with Crippen molar-refractivity contribution in [2.24, 2.45) is 0 Å². The first kappa shape index (κ1) is 13.3. The van der Waals surface area contributed by atoms with E-state index in [1.807, 2.05) is 12.3 Å². The van der Waals surface area contributed by atoms with Crippen LogP contribution >= 0.6 is 0 Å². The zero-order chi connectivity index (χ0) is 13.0. The first-order chi connectivity index (χ1) is 8.72. The largest absolute Gasteiger partial charge is 0.387 e. The summed E-state index contributed by atoms with van der Waals surface area (Å²) in [5, 5.41) is 9.48. The van der Waals surface area contributed by atoms with Crippen molar-refractivity contribution < 1.29 is 5.11 Å². The summed E-state index contributed by atoms with van der Waals surface area (Å²) in [5.41, 5.74) is 1.94. The highest BCUT2D eigenvalue weighted by Crippen LogP contribution is 2.27. The summed E-state index contributed by atoms with van der Waals surface area (Å²) in [7, 11) is 0. The van der Waals surface area contributed by atoms with Crippen molar-refractivity contribution in [3.8, 4) is 0 Å². The highest BCUT2D eigenvalue weighted by atomic mass is 16.3. The van der Waals surface area contributed by atoms with Crippen LogP contribution in [0.5, 0.6) is 0 Å². The van der Waals surface area contributed by atoms with Gasteiger partial charge in [0.05, 0.1) is 23.7 Å². The molecule has 1 aromatic rings. The van der Waals surface area contributed by atoms with Crippen LogP contribution in [0.25, 0.3) is 0 Å². The molecule has 1 N–H and O–H groups in total. The molecule has 1 aliphatic rings. The minimum atomic E-state index is -0.483.